The minimum atomic E-state index is -4.49. The molecule has 1 atom stereocenters. The molecule has 0 saturated carbocycles. The molecule has 1 aromatic heterocycles. The molecule has 0 aromatic carbocycles. The van der Waals surface area contributed by atoms with Crippen LogP contribution >= 0.6 is 36.4 Å². The van der Waals surface area contributed by atoms with E-state index < -0.39 is 11.7 Å². The molecular weight excluding hydrogens is 392 g/mol. The standard InChI is InChI=1S/C13H18ClF3N4O.2ClH/c1-8(18)2-4-19-11(22)3-5-20-12-10(14)6-9(7-21-12)13(15,16)17;;/h6-8H,2-5,18H2,1H3,(H,19,22)(H,20,21);2*1H. The molecule has 0 aliphatic carbocycles. The third kappa shape index (κ3) is 9.36. The summed E-state index contributed by atoms with van der Waals surface area (Å²) in [7, 11) is 0. The zero-order chi connectivity index (χ0) is 16.8. The van der Waals surface area contributed by atoms with Gasteiger partial charge in [0.1, 0.15) is 5.82 Å². The summed E-state index contributed by atoms with van der Waals surface area (Å²) in [5, 5.41) is 5.26. The van der Waals surface area contributed by atoms with Crippen molar-refractivity contribution in [3.05, 3.63) is 22.8 Å². The first-order valence-corrected chi connectivity index (χ1v) is 7.07. The Bertz CT molecular complexity index is 516. The van der Waals surface area contributed by atoms with E-state index in [4.69, 9.17) is 17.3 Å². The molecule has 0 aliphatic rings. The van der Waals surface area contributed by atoms with Crippen LogP contribution in [0.15, 0.2) is 12.3 Å². The smallest absolute Gasteiger partial charge is 0.368 e. The lowest BCUT2D eigenvalue weighted by molar-refractivity contribution is -0.137. The van der Waals surface area contributed by atoms with Crippen molar-refractivity contribution in [1.29, 1.82) is 0 Å². The van der Waals surface area contributed by atoms with Gasteiger partial charge >= 0.3 is 6.18 Å². The number of anilines is 1. The van der Waals surface area contributed by atoms with Crippen LogP contribution < -0.4 is 16.4 Å². The molecule has 0 aliphatic heterocycles. The summed E-state index contributed by atoms with van der Waals surface area (Å²) in [6.07, 6.45) is -2.98. The number of nitrogens with one attached hydrogen (secondary N) is 2. The molecule has 0 saturated heterocycles. The van der Waals surface area contributed by atoms with Crippen LogP contribution in [0, 0.1) is 0 Å². The molecular formula is C13H20Cl3F3N4O. The van der Waals surface area contributed by atoms with Gasteiger partial charge in [0.05, 0.1) is 10.6 Å². The minimum Gasteiger partial charge on any atom is -0.368 e. The topological polar surface area (TPSA) is 80.0 Å². The Labute approximate surface area is 155 Å². The van der Waals surface area contributed by atoms with Crippen molar-refractivity contribution < 1.29 is 18.0 Å². The Kier molecular flexibility index (Phi) is 12.2. The summed E-state index contributed by atoms with van der Waals surface area (Å²) in [4.78, 5) is 15.1. The van der Waals surface area contributed by atoms with E-state index in [9.17, 15) is 18.0 Å². The fraction of sp³-hybridized carbons (Fsp3) is 0.538. The van der Waals surface area contributed by atoms with E-state index >= 15 is 0 Å². The molecule has 140 valence electrons. The molecule has 1 heterocycles. The van der Waals surface area contributed by atoms with Crippen molar-refractivity contribution in [3.8, 4) is 0 Å². The summed E-state index contributed by atoms with van der Waals surface area (Å²) in [5.74, 6) is -0.0748. The number of hydrogen-bond donors (Lipinski definition) is 3. The average Bonchev–Trinajstić information content (AvgIpc) is 2.39. The van der Waals surface area contributed by atoms with Crippen LogP contribution in [0.4, 0.5) is 19.0 Å². The second-order valence-electron chi connectivity index (χ2n) is 4.84. The van der Waals surface area contributed by atoms with Crippen molar-refractivity contribution in [2.75, 3.05) is 18.4 Å². The number of halogens is 6. The van der Waals surface area contributed by atoms with Gasteiger partial charge in [-0.15, -0.1) is 24.8 Å². The SMILES string of the molecule is CC(N)CCNC(=O)CCNc1ncc(C(F)(F)F)cc1Cl.Cl.Cl. The zero-order valence-electron chi connectivity index (χ0n) is 12.8. The highest BCUT2D eigenvalue weighted by Crippen LogP contribution is 2.32. The number of pyridine rings is 1. The van der Waals surface area contributed by atoms with Crippen molar-refractivity contribution in [1.82, 2.24) is 10.3 Å². The predicted molar refractivity (Wildman–Crippen MR) is 93.1 cm³/mol. The quantitative estimate of drug-likeness (QED) is 0.643. The lowest BCUT2D eigenvalue weighted by atomic mass is 10.2. The summed E-state index contributed by atoms with van der Waals surface area (Å²) in [6, 6.07) is 0.799. The number of nitrogens with zero attached hydrogens (tertiary/aromatic N) is 1. The van der Waals surface area contributed by atoms with Crippen molar-refractivity contribution in [2.45, 2.75) is 32.0 Å². The molecule has 5 nitrogen and oxygen atoms in total. The monoisotopic (exact) mass is 410 g/mol. The van der Waals surface area contributed by atoms with Gasteiger partial charge < -0.3 is 16.4 Å². The second-order valence-corrected chi connectivity index (χ2v) is 5.25. The van der Waals surface area contributed by atoms with E-state index in [2.05, 4.69) is 15.6 Å². The molecule has 0 bridgehead atoms. The first-order valence-electron chi connectivity index (χ1n) is 6.69. The Morgan fingerprint density at radius 1 is 1.38 bits per heavy atom. The Morgan fingerprint density at radius 2 is 2.00 bits per heavy atom. The molecule has 11 heteroatoms. The number of hydrogen-bond acceptors (Lipinski definition) is 4. The number of carbonyl (C=O) groups excluding carboxylic acids is 1. The fourth-order valence-electron chi connectivity index (χ4n) is 1.55. The molecule has 24 heavy (non-hydrogen) atoms. The van der Waals surface area contributed by atoms with Crippen LogP contribution in [0.25, 0.3) is 0 Å². The third-order valence-corrected chi connectivity index (χ3v) is 3.02. The Balaban J connectivity index is 0. The number of carbonyl (C=O) groups is 1. The van der Waals surface area contributed by atoms with Crippen molar-refractivity contribution in [2.24, 2.45) is 5.73 Å². The van der Waals surface area contributed by atoms with Crippen LogP contribution in [0.3, 0.4) is 0 Å². The van der Waals surface area contributed by atoms with Gasteiger partial charge in [0.15, 0.2) is 0 Å². The zero-order valence-corrected chi connectivity index (χ0v) is 15.2. The van der Waals surface area contributed by atoms with Crippen molar-refractivity contribution >= 4 is 48.1 Å². The predicted octanol–water partition coefficient (Wildman–Crippen LogP) is 3.25. The van der Waals surface area contributed by atoms with E-state index in [1.165, 1.54) is 0 Å². The largest absolute Gasteiger partial charge is 0.417 e. The summed E-state index contributed by atoms with van der Waals surface area (Å²) in [6.45, 7) is 2.53. The lowest BCUT2D eigenvalue weighted by Gasteiger charge is -2.11. The van der Waals surface area contributed by atoms with Gasteiger partial charge in [0, 0.05) is 31.7 Å². The first-order chi connectivity index (χ1) is 10.2. The van der Waals surface area contributed by atoms with Gasteiger partial charge in [0.25, 0.3) is 0 Å². The minimum absolute atomic E-state index is 0. The maximum Gasteiger partial charge on any atom is 0.417 e. The van der Waals surface area contributed by atoms with Gasteiger partial charge in [-0.1, -0.05) is 11.6 Å². The summed E-state index contributed by atoms with van der Waals surface area (Å²) >= 11 is 5.73. The highest BCUT2D eigenvalue weighted by molar-refractivity contribution is 6.32. The maximum atomic E-state index is 12.5. The van der Waals surface area contributed by atoms with Gasteiger partial charge in [-0.25, -0.2) is 4.98 Å². The Morgan fingerprint density at radius 3 is 2.50 bits per heavy atom. The van der Waals surface area contributed by atoms with Crippen LogP contribution in [-0.4, -0.2) is 30.0 Å². The Hall–Kier alpha value is -0.960. The third-order valence-electron chi connectivity index (χ3n) is 2.73. The number of alkyl halides is 3. The average molecular weight is 412 g/mol. The van der Waals surface area contributed by atoms with Crippen molar-refractivity contribution in [3.63, 3.8) is 0 Å². The fourth-order valence-corrected chi connectivity index (χ4v) is 1.78. The number of aromatic nitrogens is 1. The molecule has 0 fully saturated rings. The molecule has 4 N–H and O–H groups in total. The van der Waals surface area contributed by atoms with E-state index in [1.807, 2.05) is 6.92 Å². The van der Waals surface area contributed by atoms with Crippen LogP contribution in [0.5, 0.6) is 0 Å². The normalized spacial score (nSPS) is 11.8. The van der Waals surface area contributed by atoms with Gasteiger partial charge in [0.2, 0.25) is 5.91 Å². The molecule has 1 aromatic rings. The van der Waals surface area contributed by atoms with Gasteiger partial charge in [-0.05, 0) is 19.4 Å². The van der Waals surface area contributed by atoms with E-state index in [0.717, 1.165) is 6.07 Å². The molecule has 1 unspecified atom stereocenters. The van der Waals surface area contributed by atoms with Crippen LogP contribution in [-0.2, 0) is 11.0 Å². The summed E-state index contributed by atoms with van der Waals surface area (Å²) in [5.41, 5.74) is 4.63. The van der Waals surface area contributed by atoms with E-state index in [0.29, 0.717) is 19.2 Å². The first kappa shape index (κ1) is 25.3. The van der Waals surface area contributed by atoms with E-state index in [1.54, 1.807) is 0 Å². The summed E-state index contributed by atoms with van der Waals surface area (Å²) < 4.78 is 37.4. The lowest BCUT2D eigenvalue weighted by Crippen LogP contribution is -2.30. The van der Waals surface area contributed by atoms with Crippen LogP contribution in [0.2, 0.25) is 5.02 Å². The molecule has 1 rings (SSSR count). The highest BCUT2D eigenvalue weighted by atomic mass is 35.5. The molecule has 0 radical (unpaired) electrons. The maximum absolute atomic E-state index is 12.5. The van der Waals surface area contributed by atoms with Crippen LogP contribution in [0.1, 0.15) is 25.3 Å². The second kappa shape index (κ2) is 11.6. The molecule has 0 spiro atoms. The molecule has 1 amide bonds. The number of rotatable bonds is 7. The number of nitrogens with two attached hydrogens (primary N) is 1. The van der Waals surface area contributed by atoms with Gasteiger partial charge in [-0.2, -0.15) is 13.2 Å². The highest BCUT2D eigenvalue weighted by Gasteiger charge is 2.31. The van der Waals surface area contributed by atoms with Gasteiger partial charge in [-0.3, -0.25) is 4.79 Å². The number of amides is 1. The van der Waals surface area contributed by atoms with E-state index in [-0.39, 0.29) is 60.6 Å².